The molecule has 0 radical (unpaired) electrons. The van der Waals surface area contributed by atoms with Gasteiger partial charge in [-0.25, -0.2) is 9.97 Å². The topological polar surface area (TPSA) is 25.8 Å². The van der Waals surface area contributed by atoms with Crippen molar-refractivity contribution < 1.29 is 0 Å². The molecule has 0 aliphatic rings. The molecular formula is C22H11ClN2S2. The number of halogens is 1. The van der Waals surface area contributed by atoms with Gasteiger partial charge >= 0.3 is 0 Å². The minimum atomic E-state index is 0.291. The molecule has 3 aromatic carbocycles. The molecule has 0 fully saturated rings. The number of fused-ring (bicyclic) bond motifs is 6. The molecule has 0 saturated carbocycles. The van der Waals surface area contributed by atoms with Crippen molar-refractivity contribution in [2.24, 2.45) is 0 Å². The van der Waals surface area contributed by atoms with Gasteiger partial charge < -0.3 is 0 Å². The van der Waals surface area contributed by atoms with Gasteiger partial charge in [-0.1, -0.05) is 42.5 Å². The third-order valence-electron chi connectivity index (χ3n) is 4.86. The molecule has 0 saturated heterocycles. The van der Waals surface area contributed by atoms with E-state index >= 15 is 0 Å². The van der Waals surface area contributed by atoms with Crippen molar-refractivity contribution in [2.75, 3.05) is 0 Å². The van der Waals surface area contributed by atoms with Crippen molar-refractivity contribution in [3.63, 3.8) is 0 Å². The molecule has 0 N–H and O–H groups in total. The van der Waals surface area contributed by atoms with Crippen LogP contribution in [0.15, 0.2) is 66.7 Å². The maximum atomic E-state index is 6.28. The molecule has 0 aliphatic heterocycles. The van der Waals surface area contributed by atoms with Gasteiger partial charge in [0, 0.05) is 41.2 Å². The lowest BCUT2D eigenvalue weighted by Crippen LogP contribution is -1.89. The predicted octanol–water partition coefficient (Wildman–Crippen LogP) is 7.53. The summed E-state index contributed by atoms with van der Waals surface area (Å²) in [6.07, 6.45) is 0. The summed E-state index contributed by atoms with van der Waals surface area (Å²) in [6, 6.07) is 23.5. The smallest absolute Gasteiger partial charge is 0.217 e. The van der Waals surface area contributed by atoms with E-state index in [1.807, 2.05) is 11.3 Å². The maximum absolute atomic E-state index is 6.28. The van der Waals surface area contributed by atoms with E-state index in [1.165, 1.54) is 30.3 Å². The van der Waals surface area contributed by atoms with E-state index in [0.717, 1.165) is 21.5 Å². The number of benzene rings is 3. The van der Waals surface area contributed by atoms with Crippen LogP contribution < -0.4 is 0 Å². The van der Waals surface area contributed by atoms with E-state index in [2.05, 4.69) is 76.7 Å². The second kappa shape index (κ2) is 5.73. The van der Waals surface area contributed by atoms with Gasteiger partial charge in [0.15, 0.2) is 0 Å². The summed E-state index contributed by atoms with van der Waals surface area (Å²) < 4.78 is 3.79. The number of hydrogen-bond donors (Lipinski definition) is 0. The standard InChI is InChI=1S/C22H11ClN2S2/c23-22-24-20(19-14-6-2-4-8-17(14)27-21(19)25-22)12-9-10-18-15(11-12)13-5-1-3-7-16(13)26-18/h1-11H. The average Bonchev–Trinajstić information content (AvgIpc) is 3.24. The first-order valence-corrected chi connectivity index (χ1v) is 10.6. The van der Waals surface area contributed by atoms with Crippen molar-refractivity contribution in [3.8, 4) is 11.3 Å². The number of rotatable bonds is 1. The molecule has 0 atom stereocenters. The molecule has 0 spiro atoms. The van der Waals surface area contributed by atoms with Crippen LogP contribution in [0.1, 0.15) is 0 Å². The second-order valence-corrected chi connectivity index (χ2v) is 8.88. The first-order chi connectivity index (χ1) is 13.3. The van der Waals surface area contributed by atoms with Gasteiger partial charge in [0.1, 0.15) is 4.83 Å². The molecule has 0 amide bonds. The van der Waals surface area contributed by atoms with Crippen LogP contribution in [0, 0.1) is 0 Å². The van der Waals surface area contributed by atoms with Crippen molar-refractivity contribution in [3.05, 3.63) is 72.0 Å². The average molecular weight is 403 g/mol. The molecular weight excluding hydrogens is 392 g/mol. The molecule has 5 heteroatoms. The summed E-state index contributed by atoms with van der Waals surface area (Å²) in [4.78, 5) is 10.0. The molecule has 6 aromatic rings. The Morgan fingerprint density at radius 1 is 0.667 bits per heavy atom. The van der Waals surface area contributed by atoms with Gasteiger partial charge in [-0.05, 0) is 35.9 Å². The van der Waals surface area contributed by atoms with Crippen molar-refractivity contribution in [1.82, 2.24) is 9.97 Å². The van der Waals surface area contributed by atoms with Crippen molar-refractivity contribution >= 4 is 74.7 Å². The molecule has 0 unspecified atom stereocenters. The Labute approximate surface area is 167 Å². The second-order valence-electron chi connectivity index (χ2n) is 6.43. The third kappa shape index (κ3) is 2.31. The largest absolute Gasteiger partial charge is 0.224 e. The van der Waals surface area contributed by atoms with E-state index in [9.17, 15) is 0 Å². The van der Waals surface area contributed by atoms with Crippen LogP contribution >= 0.6 is 34.3 Å². The molecule has 27 heavy (non-hydrogen) atoms. The third-order valence-corrected chi connectivity index (χ3v) is 7.25. The van der Waals surface area contributed by atoms with Gasteiger partial charge in [0.2, 0.25) is 5.28 Å². The SMILES string of the molecule is Clc1nc(-c2ccc3sc4ccccc4c3c2)c2c(n1)sc1ccccc12. The highest BCUT2D eigenvalue weighted by molar-refractivity contribution is 7.26. The Kier molecular flexibility index (Phi) is 3.29. The van der Waals surface area contributed by atoms with E-state index in [4.69, 9.17) is 11.6 Å². The maximum Gasteiger partial charge on any atom is 0.224 e. The van der Waals surface area contributed by atoms with Gasteiger partial charge in [-0.2, -0.15) is 0 Å². The zero-order chi connectivity index (χ0) is 18.0. The van der Waals surface area contributed by atoms with E-state index in [-0.39, 0.29) is 0 Å². The Morgan fingerprint density at radius 3 is 2.22 bits per heavy atom. The monoisotopic (exact) mass is 402 g/mol. The summed E-state index contributed by atoms with van der Waals surface area (Å²) in [5.41, 5.74) is 1.98. The Bertz CT molecular complexity index is 1500. The Balaban J connectivity index is 1.73. The van der Waals surface area contributed by atoms with Crippen LogP contribution in [0.2, 0.25) is 5.28 Å². The number of aromatic nitrogens is 2. The lowest BCUT2D eigenvalue weighted by Gasteiger charge is -2.05. The van der Waals surface area contributed by atoms with E-state index in [0.29, 0.717) is 5.28 Å². The highest BCUT2D eigenvalue weighted by Crippen LogP contribution is 2.41. The minimum Gasteiger partial charge on any atom is -0.217 e. The van der Waals surface area contributed by atoms with Crippen LogP contribution in [-0.4, -0.2) is 9.97 Å². The zero-order valence-corrected chi connectivity index (χ0v) is 16.3. The molecule has 0 bridgehead atoms. The number of hydrogen-bond acceptors (Lipinski definition) is 4. The van der Waals surface area contributed by atoms with Gasteiger partial charge in [0.25, 0.3) is 0 Å². The molecule has 3 heterocycles. The van der Waals surface area contributed by atoms with Gasteiger partial charge in [-0.3, -0.25) is 0 Å². The lowest BCUT2D eigenvalue weighted by atomic mass is 10.0. The van der Waals surface area contributed by atoms with Gasteiger partial charge in [0.05, 0.1) is 5.69 Å². The number of nitrogens with zero attached hydrogens (tertiary/aromatic N) is 2. The molecule has 2 nitrogen and oxygen atoms in total. The van der Waals surface area contributed by atoms with Crippen LogP contribution in [0.3, 0.4) is 0 Å². The number of thiophene rings is 2. The summed E-state index contributed by atoms with van der Waals surface area (Å²) in [5, 5.41) is 5.10. The summed E-state index contributed by atoms with van der Waals surface area (Å²) >= 11 is 9.76. The highest BCUT2D eigenvalue weighted by Gasteiger charge is 2.16. The summed E-state index contributed by atoms with van der Waals surface area (Å²) in [5.74, 6) is 0. The van der Waals surface area contributed by atoms with Gasteiger partial charge in [-0.15, -0.1) is 22.7 Å². The zero-order valence-electron chi connectivity index (χ0n) is 13.9. The fourth-order valence-electron chi connectivity index (χ4n) is 3.68. The normalized spacial score (nSPS) is 11.9. The van der Waals surface area contributed by atoms with Crippen LogP contribution in [0.4, 0.5) is 0 Å². The highest BCUT2D eigenvalue weighted by atomic mass is 35.5. The van der Waals surface area contributed by atoms with Crippen molar-refractivity contribution in [2.45, 2.75) is 0 Å². The van der Waals surface area contributed by atoms with E-state index in [1.54, 1.807) is 11.3 Å². The molecule has 6 rings (SSSR count). The predicted molar refractivity (Wildman–Crippen MR) is 118 cm³/mol. The first kappa shape index (κ1) is 15.5. The quantitative estimate of drug-likeness (QED) is 0.265. The minimum absolute atomic E-state index is 0.291. The Hall–Kier alpha value is -2.53. The molecule has 0 aliphatic carbocycles. The molecule has 3 aromatic heterocycles. The molecule has 128 valence electrons. The van der Waals surface area contributed by atoms with Crippen molar-refractivity contribution in [1.29, 1.82) is 0 Å². The van der Waals surface area contributed by atoms with E-state index < -0.39 is 0 Å². The fourth-order valence-corrected chi connectivity index (χ4v) is 6.06. The van der Waals surface area contributed by atoms with Crippen LogP contribution in [0.5, 0.6) is 0 Å². The van der Waals surface area contributed by atoms with Crippen LogP contribution in [-0.2, 0) is 0 Å². The fraction of sp³-hybridized carbons (Fsp3) is 0. The summed E-state index contributed by atoms with van der Waals surface area (Å²) in [6.45, 7) is 0. The lowest BCUT2D eigenvalue weighted by molar-refractivity contribution is 1.24. The Morgan fingerprint density at radius 2 is 1.37 bits per heavy atom. The first-order valence-electron chi connectivity index (χ1n) is 8.54. The summed E-state index contributed by atoms with van der Waals surface area (Å²) in [7, 11) is 0. The van der Waals surface area contributed by atoms with Crippen LogP contribution in [0.25, 0.3) is 51.7 Å².